The summed E-state index contributed by atoms with van der Waals surface area (Å²) in [6.45, 7) is 6.44. The van der Waals surface area contributed by atoms with Gasteiger partial charge in [-0.25, -0.2) is 39.5 Å². The van der Waals surface area contributed by atoms with Gasteiger partial charge in [0.15, 0.2) is 47.6 Å². The Labute approximate surface area is 492 Å². The molecule has 8 heterocycles. The first kappa shape index (κ1) is 60.1. The number of anilines is 2. The molecule has 4 amide bonds. The Bertz CT molecular complexity index is 3430. The summed E-state index contributed by atoms with van der Waals surface area (Å²) in [6.07, 6.45) is 1.94. The number of nitrogens with one attached hydrogen (secondary N) is 2. The van der Waals surface area contributed by atoms with Crippen molar-refractivity contribution in [1.82, 2.24) is 59.5 Å². The first-order valence-corrected chi connectivity index (χ1v) is 28.7. The van der Waals surface area contributed by atoms with E-state index in [0.29, 0.717) is 84.9 Å². The van der Waals surface area contributed by atoms with Gasteiger partial charge in [-0.15, -0.1) is 0 Å². The third kappa shape index (κ3) is 14.0. The standard InChI is InChI=1S/C29H37N7O6.C29H33N7O6.CH4.H2/c2*1-16-5-9-19(10-6-16)41-29(40)35-13-11-17(12-14-35)3-2-4-20-33-25(30)21-26(34-20)36(15-31-21)28-23(38)22(37)24(42-28)27(39)32-18-7-8-18;;/h5-6,9-10,15,17-18,22-24,28,37-38H,2-4,7-8,11-14H2,1H3,(H,32,39)(H2,30,33,34);5-6,9-10,15,17-18,22-24,28,37-38H,3,7-8,11-14H2,1H3,(H,32,39)(H2,30,33,34);1H4;1H/t2*22?,23-,24-,28+;;/m00../s1. The van der Waals surface area contributed by atoms with Gasteiger partial charge in [0.2, 0.25) is 5.82 Å². The monoisotopic (exact) mass is 1170 g/mol. The second-order valence-electron chi connectivity index (χ2n) is 22.6. The molecule has 2 unspecified atom stereocenters. The maximum atomic E-state index is 12.5. The quantitative estimate of drug-likeness (QED) is 0.0758. The van der Waals surface area contributed by atoms with Crippen molar-refractivity contribution < 1.29 is 60.0 Å². The summed E-state index contributed by atoms with van der Waals surface area (Å²) in [5, 5.41) is 48.0. The van der Waals surface area contributed by atoms with Crippen LogP contribution < -0.4 is 31.6 Å². The number of fused-ring (bicyclic) bond motifs is 2. The fourth-order valence-corrected chi connectivity index (χ4v) is 10.8. The average Bonchev–Trinajstić information content (AvgIpc) is 1.79. The fraction of sp³-hybridized carbons (Fsp3) is 0.525. The molecule has 12 rings (SSSR count). The molecule has 0 radical (unpaired) electrons. The van der Waals surface area contributed by atoms with Gasteiger partial charge in [-0.3, -0.25) is 18.7 Å². The zero-order chi connectivity index (χ0) is 58.8. The lowest BCUT2D eigenvalue weighted by atomic mass is 9.91. The second kappa shape index (κ2) is 26.1. The maximum absolute atomic E-state index is 12.5. The van der Waals surface area contributed by atoms with Crippen LogP contribution in [0.1, 0.15) is 115 Å². The van der Waals surface area contributed by atoms with E-state index in [2.05, 4.69) is 52.4 Å². The number of carbonyl (C=O) groups excluding carboxylic acids is 4. The van der Waals surface area contributed by atoms with Gasteiger partial charge in [0.05, 0.1) is 12.7 Å². The number of imidazole rings is 2. The minimum absolute atomic E-state index is 0. The number of nitrogens with two attached hydrogens (primary N) is 2. The van der Waals surface area contributed by atoms with Gasteiger partial charge in [0.1, 0.15) is 52.8 Å². The molecule has 2 aliphatic carbocycles. The molecule has 4 saturated heterocycles. The molecule has 8 atom stereocenters. The number of aliphatic hydroxyl groups is 4. The number of rotatable bonds is 13. The molecule has 6 fully saturated rings. The van der Waals surface area contributed by atoms with Crippen LogP contribution in [0.5, 0.6) is 11.5 Å². The molecule has 454 valence electrons. The van der Waals surface area contributed by atoms with E-state index < -0.39 is 60.9 Å². The summed E-state index contributed by atoms with van der Waals surface area (Å²) in [5.41, 5.74) is 15.8. The number of piperidine rings is 2. The Balaban J connectivity index is 0.000000201. The number of nitrogen functional groups attached to an aromatic ring is 2. The van der Waals surface area contributed by atoms with Crippen molar-refractivity contribution >= 4 is 58.0 Å². The minimum atomic E-state index is -1.42. The Kier molecular flexibility index (Phi) is 18.4. The molecule has 2 aromatic carbocycles. The van der Waals surface area contributed by atoms with Crippen LogP contribution in [0.4, 0.5) is 21.2 Å². The molecule has 0 spiro atoms. The first-order chi connectivity index (χ1) is 40.5. The van der Waals surface area contributed by atoms with Gasteiger partial charge in [0.25, 0.3) is 11.8 Å². The summed E-state index contributed by atoms with van der Waals surface area (Å²) in [5.74, 6) is 8.07. The Morgan fingerprint density at radius 3 is 1.54 bits per heavy atom. The van der Waals surface area contributed by atoms with Crippen LogP contribution in [0.25, 0.3) is 22.3 Å². The zero-order valence-electron chi connectivity index (χ0n) is 46.7. The van der Waals surface area contributed by atoms with E-state index in [1.165, 1.54) is 21.8 Å². The molecule has 2 saturated carbocycles. The van der Waals surface area contributed by atoms with Gasteiger partial charge in [0, 0.05) is 52.5 Å². The maximum Gasteiger partial charge on any atom is 0.415 e. The van der Waals surface area contributed by atoms with Crippen LogP contribution in [-0.2, 0) is 25.5 Å². The molecule has 4 aliphatic heterocycles. The second-order valence-corrected chi connectivity index (χ2v) is 22.6. The number of amides is 4. The molecular weight excluding hydrogens is 1100 g/mol. The number of carbonyl (C=O) groups is 4. The number of nitrogens with zero attached hydrogens (tertiary/aromatic N) is 10. The van der Waals surface area contributed by atoms with Crippen LogP contribution in [0.3, 0.4) is 0 Å². The SMILES string of the molecule is C.Cc1ccc(OC(=O)N2CCC(CC#Cc3nc(N)c4ncn([C@@H]5O[C@H](C(=O)NC6CC6)C(O)[C@@H]5O)c4n3)CC2)cc1.Cc1ccc(OC(=O)N2CCC(CCCc3nc(N)c4ncn([C@@H]5O[C@H](C(=O)NC6CC6)C(O)[C@@H]5O)c4n3)CC2)cc1.[HH]. The molecule has 26 heteroatoms. The van der Waals surface area contributed by atoms with Crippen molar-refractivity contribution in [3.63, 3.8) is 0 Å². The van der Waals surface area contributed by atoms with Gasteiger partial charge in [-0.1, -0.05) is 48.7 Å². The number of benzene rings is 2. The van der Waals surface area contributed by atoms with E-state index in [1.807, 2.05) is 38.1 Å². The number of hydrogen-bond acceptors (Lipinski definition) is 20. The van der Waals surface area contributed by atoms with Crippen molar-refractivity contribution in [1.29, 1.82) is 0 Å². The normalized spacial score (nSPS) is 24.2. The lowest BCUT2D eigenvalue weighted by molar-refractivity contribution is -0.138. The van der Waals surface area contributed by atoms with Gasteiger partial charge in [-0.2, -0.15) is 0 Å². The van der Waals surface area contributed by atoms with E-state index in [4.69, 9.17) is 30.4 Å². The highest BCUT2D eigenvalue weighted by Gasteiger charge is 2.50. The van der Waals surface area contributed by atoms with Crippen molar-refractivity contribution in [3.8, 4) is 23.3 Å². The van der Waals surface area contributed by atoms with Crippen molar-refractivity contribution in [2.24, 2.45) is 11.8 Å². The molecule has 10 N–H and O–H groups in total. The molecule has 26 nitrogen and oxygen atoms in total. The zero-order valence-corrected chi connectivity index (χ0v) is 46.7. The van der Waals surface area contributed by atoms with Crippen LogP contribution in [0, 0.1) is 37.5 Å². The van der Waals surface area contributed by atoms with E-state index in [9.17, 15) is 39.6 Å². The first-order valence-electron chi connectivity index (χ1n) is 28.7. The van der Waals surface area contributed by atoms with Crippen LogP contribution >= 0.6 is 0 Å². The Morgan fingerprint density at radius 1 is 0.624 bits per heavy atom. The summed E-state index contributed by atoms with van der Waals surface area (Å²) >= 11 is 0. The summed E-state index contributed by atoms with van der Waals surface area (Å²) in [7, 11) is 0. The third-order valence-corrected chi connectivity index (χ3v) is 16.1. The smallest absolute Gasteiger partial charge is 0.410 e. The number of aryl methyl sites for hydroxylation is 3. The molecule has 85 heavy (non-hydrogen) atoms. The van der Waals surface area contributed by atoms with Crippen molar-refractivity contribution in [2.45, 2.75) is 159 Å². The molecule has 6 aromatic rings. The predicted molar refractivity (Wildman–Crippen MR) is 310 cm³/mol. The summed E-state index contributed by atoms with van der Waals surface area (Å²) < 4.78 is 25.5. The van der Waals surface area contributed by atoms with E-state index in [-0.39, 0.29) is 56.2 Å². The summed E-state index contributed by atoms with van der Waals surface area (Å²) in [4.78, 5) is 79.9. The fourth-order valence-electron chi connectivity index (χ4n) is 10.8. The van der Waals surface area contributed by atoms with Crippen molar-refractivity contribution in [3.05, 3.63) is 84.0 Å². The number of aliphatic hydroxyl groups excluding tert-OH is 4. The average molecular weight is 1170 g/mol. The number of aromatic nitrogens is 8. The molecule has 4 aromatic heterocycles. The van der Waals surface area contributed by atoms with Gasteiger partial charge >= 0.3 is 12.2 Å². The summed E-state index contributed by atoms with van der Waals surface area (Å²) in [6, 6.07) is 15.0. The highest BCUT2D eigenvalue weighted by Crippen LogP contribution is 2.36. The minimum Gasteiger partial charge on any atom is -0.410 e. The van der Waals surface area contributed by atoms with Crippen LogP contribution in [-0.4, -0.2) is 168 Å². The third-order valence-electron chi connectivity index (χ3n) is 16.1. The van der Waals surface area contributed by atoms with Crippen LogP contribution in [0.2, 0.25) is 0 Å². The van der Waals surface area contributed by atoms with E-state index in [1.54, 1.807) is 34.1 Å². The highest BCUT2D eigenvalue weighted by molar-refractivity contribution is 5.85. The number of hydrogen-bond donors (Lipinski definition) is 8. The Morgan fingerprint density at radius 2 is 1.07 bits per heavy atom. The number of ether oxygens (including phenoxy) is 4. The van der Waals surface area contributed by atoms with Gasteiger partial charge in [-0.05, 0) is 120 Å². The van der Waals surface area contributed by atoms with Crippen molar-refractivity contribution in [2.75, 3.05) is 37.6 Å². The largest absolute Gasteiger partial charge is 0.415 e. The van der Waals surface area contributed by atoms with E-state index in [0.717, 1.165) is 75.3 Å². The topological polar surface area (TPSA) is 356 Å². The number of likely N-dealkylation sites (tertiary alicyclic amines) is 2. The highest BCUT2D eigenvalue weighted by atomic mass is 16.6. The molecular formula is C59H76N14O12. The Hall–Kier alpha value is -8.06. The lowest BCUT2D eigenvalue weighted by Crippen LogP contribution is -2.43. The molecule has 0 bridgehead atoms. The lowest BCUT2D eigenvalue weighted by Gasteiger charge is -2.31. The van der Waals surface area contributed by atoms with Crippen LogP contribution in [0.15, 0.2) is 61.2 Å². The van der Waals surface area contributed by atoms with Gasteiger partial charge < -0.3 is 71.3 Å². The molecule has 6 aliphatic rings. The van der Waals surface area contributed by atoms with E-state index >= 15 is 0 Å². The predicted octanol–water partition coefficient (Wildman–Crippen LogP) is 4.00.